The van der Waals surface area contributed by atoms with E-state index in [4.69, 9.17) is 9.47 Å². The van der Waals surface area contributed by atoms with E-state index in [2.05, 4.69) is 0 Å². The molecule has 1 fully saturated rings. The molecule has 100 valence electrons. The molecule has 1 unspecified atom stereocenters. The van der Waals surface area contributed by atoms with Gasteiger partial charge >= 0.3 is 0 Å². The Balaban J connectivity index is 2.29. The van der Waals surface area contributed by atoms with Gasteiger partial charge in [-0.05, 0) is 44.8 Å². The first-order valence-corrected chi connectivity index (χ1v) is 6.47. The normalized spacial score (nSPS) is 21.9. The van der Waals surface area contributed by atoms with E-state index in [0.717, 1.165) is 25.9 Å². The number of ketones is 1. The van der Waals surface area contributed by atoms with Crippen LogP contribution in [0.15, 0.2) is 36.0 Å². The minimum Gasteiger partial charge on any atom is -0.353 e. The average molecular weight is 250 g/mol. The van der Waals surface area contributed by atoms with Crippen molar-refractivity contribution in [1.82, 2.24) is 0 Å². The zero-order valence-corrected chi connectivity index (χ0v) is 11.2. The molecule has 0 aromatic carbocycles. The van der Waals surface area contributed by atoms with Crippen molar-refractivity contribution in [2.24, 2.45) is 0 Å². The lowest BCUT2D eigenvalue weighted by Crippen LogP contribution is -2.22. The molecule has 3 heteroatoms. The summed E-state index contributed by atoms with van der Waals surface area (Å²) in [6.07, 6.45) is 11.9. The lowest BCUT2D eigenvalue weighted by Gasteiger charge is -2.22. The van der Waals surface area contributed by atoms with Gasteiger partial charge in [-0.25, -0.2) is 0 Å². The first-order chi connectivity index (χ1) is 8.74. The van der Waals surface area contributed by atoms with Crippen LogP contribution in [0.2, 0.25) is 0 Å². The molecular formula is C15H22O3. The van der Waals surface area contributed by atoms with Gasteiger partial charge in [0, 0.05) is 6.61 Å². The van der Waals surface area contributed by atoms with Crippen LogP contribution >= 0.6 is 0 Å². The van der Waals surface area contributed by atoms with Crippen molar-refractivity contribution in [3.8, 4) is 0 Å². The summed E-state index contributed by atoms with van der Waals surface area (Å²) in [7, 11) is 0. The topological polar surface area (TPSA) is 35.5 Å². The van der Waals surface area contributed by atoms with E-state index < -0.39 is 0 Å². The van der Waals surface area contributed by atoms with Crippen molar-refractivity contribution in [1.29, 1.82) is 0 Å². The Bertz CT molecular complexity index is 334. The van der Waals surface area contributed by atoms with Crippen LogP contribution in [-0.4, -0.2) is 25.3 Å². The molecule has 0 aromatic heterocycles. The minimum atomic E-state index is -0.100. The van der Waals surface area contributed by atoms with Gasteiger partial charge in [0.1, 0.15) is 0 Å². The fourth-order valence-electron chi connectivity index (χ4n) is 1.61. The van der Waals surface area contributed by atoms with E-state index in [1.54, 1.807) is 25.2 Å². The number of hydrogen-bond acceptors (Lipinski definition) is 3. The van der Waals surface area contributed by atoms with Gasteiger partial charge in [-0.3, -0.25) is 4.79 Å². The van der Waals surface area contributed by atoms with Crippen LogP contribution in [-0.2, 0) is 14.3 Å². The number of carbonyl (C=O) groups is 1. The van der Waals surface area contributed by atoms with Crippen LogP contribution in [0.25, 0.3) is 0 Å². The second-order valence-electron chi connectivity index (χ2n) is 4.27. The monoisotopic (exact) mass is 250 g/mol. The number of carbonyl (C=O) groups excluding carboxylic acids is 1. The molecule has 1 aliphatic heterocycles. The first kappa shape index (κ1) is 14.9. The van der Waals surface area contributed by atoms with E-state index >= 15 is 0 Å². The summed E-state index contributed by atoms with van der Waals surface area (Å²) in [5.74, 6) is 0.0151. The Morgan fingerprint density at radius 3 is 2.89 bits per heavy atom. The minimum absolute atomic E-state index is 0.0151. The summed E-state index contributed by atoms with van der Waals surface area (Å²) in [4.78, 5) is 11.6. The van der Waals surface area contributed by atoms with Crippen LogP contribution in [0.5, 0.6) is 0 Å². The molecule has 0 spiro atoms. The van der Waals surface area contributed by atoms with Crippen LogP contribution in [0.4, 0.5) is 0 Å². The van der Waals surface area contributed by atoms with Gasteiger partial charge in [0.25, 0.3) is 0 Å². The van der Waals surface area contributed by atoms with Gasteiger partial charge in [0.05, 0.1) is 6.61 Å². The van der Waals surface area contributed by atoms with Gasteiger partial charge in [-0.15, -0.1) is 0 Å². The molecule has 0 saturated carbocycles. The van der Waals surface area contributed by atoms with E-state index in [9.17, 15) is 4.79 Å². The highest BCUT2D eigenvalue weighted by atomic mass is 16.7. The van der Waals surface area contributed by atoms with Gasteiger partial charge in [0.2, 0.25) is 0 Å². The quantitative estimate of drug-likeness (QED) is 0.536. The second-order valence-corrected chi connectivity index (χ2v) is 4.27. The third-order valence-corrected chi connectivity index (χ3v) is 2.75. The molecule has 1 atom stereocenters. The van der Waals surface area contributed by atoms with Crippen LogP contribution < -0.4 is 0 Å². The third-order valence-electron chi connectivity index (χ3n) is 2.75. The third kappa shape index (κ3) is 5.94. The zero-order chi connectivity index (χ0) is 13.2. The van der Waals surface area contributed by atoms with E-state index in [-0.39, 0.29) is 12.1 Å². The smallest absolute Gasteiger partial charge is 0.181 e. The Kier molecular flexibility index (Phi) is 7.30. The highest BCUT2D eigenvalue weighted by Gasteiger charge is 2.13. The summed E-state index contributed by atoms with van der Waals surface area (Å²) < 4.78 is 11.0. The predicted molar refractivity (Wildman–Crippen MR) is 72.3 cm³/mol. The fourth-order valence-corrected chi connectivity index (χ4v) is 1.61. The van der Waals surface area contributed by atoms with Gasteiger partial charge in [-0.1, -0.05) is 24.3 Å². The molecule has 0 bridgehead atoms. The molecule has 0 amide bonds. The molecule has 0 N–H and O–H groups in total. The molecule has 3 nitrogen and oxygen atoms in total. The second kappa shape index (κ2) is 8.84. The molecule has 1 aliphatic rings. The molecule has 0 radical (unpaired) electrons. The summed E-state index contributed by atoms with van der Waals surface area (Å²) >= 11 is 0. The number of allylic oxidation sites excluding steroid dienone is 5. The molecule has 1 rings (SSSR count). The van der Waals surface area contributed by atoms with Gasteiger partial charge in [-0.2, -0.15) is 0 Å². The van der Waals surface area contributed by atoms with Crippen molar-refractivity contribution in [3.63, 3.8) is 0 Å². The Hall–Kier alpha value is -1.19. The highest BCUT2D eigenvalue weighted by Crippen LogP contribution is 2.13. The fraction of sp³-hybridized carbons (Fsp3) is 0.533. The SMILES string of the molecule is C/C=C/C=C/C(=O)/C(C)=C/COC1CCCCO1. The summed E-state index contributed by atoms with van der Waals surface area (Å²) in [5, 5.41) is 0. The maximum absolute atomic E-state index is 11.6. The van der Waals surface area contributed by atoms with Crippen LogP contribution in [0.3, 0.4) is 0 Å². The van der Waals surface area contributed by atoms with E-state index in [1.807, 2.05) is 19.1 Å². The van der Waals surface area contributed by atoms with Gasteiger partial charge in [0.15, 0.2) is 12.1 Å². The van der Waals surface area contributed by atoms with E-state index in [1.165, 1.54) is 0 Å². The van der Waals surface area contributed by atoms with Gasteiger partial charge < -0.3 is 9.47 Å². The average Bonchev–Trinajstić information content (AvgIpc) is 2.40. The Labute approximate surface area is 109 Å². The lowest BCUT2D eigenvalue weighted by atomic mass is 10.1. The molecule has 18 heavy (non-hydrogen) atoms. The standard InChI is InChI=1S/C15H22O3/c1-3-4-5-8-14(16)13(2)10-12-18-15-9-6-7-11-17-15/h3-5,8,10,15H,6-7,9,11-12H2,1-2H3/b4-3+,8-5+,13-10+. The Morgan fingerprint density at radius 1 is 1.39 bits per heavy atom. The maximum atomic E-state index is 11.6. The molecule has 1 saturated heterocycles. The molecule has 0 aliphatic carbocycles. The number of ether oxygens (including phenoxy) is 2. The highest BCUT2D eigenvalue weighted by molar-refractivity contribution is 6.03. The van der Waals surface area contributed by atoms with Crippen molar-refractivity contribution in [3.05, 3.63) is 36.0 Å². The van der Waals surface area contributed by atoms with Crippen molar-refractivity contribution < 1.29 is 14.3 Å². The molecule has 0 aromatic rings. The van der Waals surface area contributed by atoms with Crippen molar-refractivity contribution in [2.75, 3.05) is 13.2 Å². The maximum Gasteiger partial charge on any atom is 0.181 e. The zero-order valence-electron chi connectivity index (χ0n) is 11.2. The lowest BCUT2D eigenvalue weighted by molar-refractivity contribution is -0.155. The van der Waals surface area contributed by atoms with Crippen LogP contribution in [0, 0.1) is 0 Å². The number of hydrogen-bond donors (Lipinski definition) is 0. The summed E-state index contributed by atoms with van der Waals surface area (Å²) in [5.41, 5.74) is 0.701. The number of rotatable bonds is 6. The van der Waals surface area contributed by atoms with E-state index in [0.29, 0.717) is 12.2 Å². The summed E-state index contributed by atoms with van der Waals surface area (Å²) in [6.45, 7) is 4.92. The van der Waals surface area contributed by atoms with Crippen LogP contribution in [0.1, 0.15) is 33.1 Å². The largest absolute Gasteiger partial charge is 0.353 e. The predicted octanol–water partition coefficient (Wildman–Crippen LogP) is 3.18. The molecular weight excluding hydrogens is 228 g/mol. The Morgan fingerprint density at radius 2 is 2.22 bits per heavy atom. The first-order valence-electron chi connectivity index (χ1n) is 6.47. The van der Waals surface area contributed by atoms with Crippen molar-refractivity contribution in [2.45, 2.75) is 39.4 Å². The summed E-state index contributed by atoms with van der Waals surface area (Å²) in [6, 6.07) is 0. The molecule has 1 heterocycles. The van der Waals surface area contributed by atoms with Crippen molar-refractivity contribution >= 4 is 5.78 Å².